The van der Waals surface area contributed by atoms with Crippen LogP contribution in [0, 0.1) is 0 Å². The Labute approximate surface area is 231 Å². The molecule has 0 saturated heterocycles. The van der Waals surface area contributed by atoms with Crippen LogP contribution in [0.4, 0.5) is 0 Å². The van der Waals surface area contributed by atoms with Gasteiger partial charge in [-0.15, -0.1) is 5.10 Å². The highest BCUT2D eigenvalue weighted by molar-refractivity contribution is 5.79. The largest absolute Gasteiger partial charge is 0.497 e. The maximum atomic E-state index is 6.42. The molecule has 6 aromatic rings. The van der Waals surface area contributed by atoms with Crippen molar-refractivity contribution in [3.63, 3.8) is 0 Å². The van der Waals surface area contributed by atoms with Crippen LogP contribution in [0.5, 0.6) is 17.2 Å². The van der Waals surface area contributed by atoms with E-state index >= 15 is 0 Å². The first-order chi connectivity index (χ1) is 19.7. The number of oxazole rings is 1. The lowest BCUT2D eigenvalue weighted by Crippen LogP contribution is -1.95. The van der Waals surface area contributed by atoms with Crippen LogP contribution in [0.1, 0.15) is 0 Å². The smallest absolute Gasteiger partial charge is 0.227 e. The van der Waals surface area contributed by atoms with Crippen molar-refractivity contribution in [3.05, 3.63) is 103 Å². The van der Waals surface area contributed by atoms with Crippen LogP contribution >= 0.6 is 0 Å². The average molecular weight is 531 g/mol. The van der Waals surface area contributed by atoms with Crippen LogP contribution in [0.3, 0.4) is 0 Å². The SMILES string of the molecule is COc1ccc(-c2nc(-c3cccc(-n4cc(-c5ccccc5OC)nn4)c3)oc2-c2ccc(OC)cc2)cc1. The summed E-state index contributed by atoms with van der Waals surface area (Å²) in [6, 6.07) is 31.1. The highest BCUT2D eigenvalue weighted by atomic mass is 16.5. The summed E-state index contributed by atoms with van der Waals surface area (Å²) in [5.41, 5.74) is 5.74. The minimum Gasteiger partial charge on any atom is -0.497 e. The third kappa shape index (κ3) is 4.78. The van der Waals surface area contributed by atoms with Crippen LogP contribution in [-0.2, 0) is 0 Å². The summed E-state index contributed by atoms with van der Waals surface area (Å²) < 4.78 is 24.3. The summed E-state index contributed by atoms with van der Waals surface area (Å²) in [6.45, 7) is 0. The van der Waals surface area contributed by atoms with E-state index < -0.39 is 0 Å². The molecule has 0 aliphatic carbocycles. The van der Waals surface area contributed by atoms with E-state index in [0.717, 1.165) is 50.9 Å². The van der Waals surface area contributed by atoms with Gasteiger partial charge in [-0.25, -0.2) is 9.67 Å². The molecular formula is C32H26N4O4. The molecule has 0 N–H and O–H groups in total. The first-order valence-electron chi connectivity index (χ1n) is 12.6. The quantitative estimate of drug-likeness (QED) is 0.211. The molecule has 0 spiro atoms. The van der Waals surface area contributed by atoms with Crippen LogP contribution in [-0.4, -0.2) is 41.3 Å². The van der Waals surface area contributed by atoms with E-state index in [4.69, 9.17) is 23.6 Å². The lowest BCUT2D eigenvalue weighted by molar-refractivity contribution is 0.414. The molecule has 0 bridgehead atoms. The first kappa shape index (κ1) is 24.9. The van der Waals surface area contributed by atoms with Gasteiger partial charge in [-0.2, -0.15) is 0 Å². The van der Waals surface area contributed by atoms with Crippen LogP contribution < -0.4 is 14.2 Å². The summed E-state index contributed by atoms with van der Waals surface area (Å²) in [4.78, 5) is 4.93. The molecule has 2 aromatic heterocycles. The molecule has 0 saturated carbocycles. The summed E-state index contributed by atoms with van der Waals surface area (Å²) in [7, 11) is 4.93. The van der Waals surface area contributed by atoms with Gasteiger partial charge in [0.2, 0.25) is 5.89 Å². The van der Waals surface area contributed by atoms with E-state index in [2.05, 4.69) is 10.3 Å². The van der Waals surface area contributed by atoms with Crippen molar-refractivity contribution in [1.82, 2.24) is 20.0 Å². The second-order valence-electron chi connectivity index (χ2n) is 8.95. The zero-order valence-corrected chi connectivity index (χ0v) is 22.2. The number of para-hydroxylation sites is 1. The maximum absolute atomic E-state index is 6.42. The number of aromatic nitrogens is 4. The molecule has 0 radical (unpaired) electrons. The standard InChI is InChI=1S/C32H26N4O4/c1-37-25-15-11-21(12-16-25)30-31(22-13-17-26(38-2)18-14-22)40-32(33-30)23-7-6-8-24(19-23)36-20-28(34-35-36)27-9-4-5-10-29(27)39-3/h4-20H,1-3H3. The van der Waals surface area contributed by atoms with Crippen molar-refractivity contribution in [2.24, 2.45) is 0 Å². The molecule has 40 heavy (non-hydrogen) atoms. The highest BCUT2D eigenvalue weighted by Gasteiger charge is 2.19. The minimum absolute atomic E-state index is 0.489. The molecule has 0 atom stereocenters. The van der Waals surface area contributed by atoms with Gasteiger partial charge in [0.1, 0.15) is 28.6 Å². The van der Waals surface area contributed by atoms with Gasteiger partial charge < -0.3 is 18.6 Å². The number of benzene rings is 4. The number of rotatable bonds is 8. The molecule has 6 rings (SSSR count). The van der Waals surface area contributed by atoms with E-state index in [1.54, 1.807) is 26.0 Å². The van der Waals surface area contributed by atoms with Crippen molar-refractivity contribution >= 4 is 0 Å². The van der Waals surface area contributed by atoms with Gasteiger partial charge in [0.05, 0.1) is 33.2 Å². The molecule has 2 heterocycles. The molecule has 0 amide bonds. The van der Waals surface area contributed by atoms with Crippen LogP contribution in [0.2, 0.25) is 0 Å². The van der Waals surface area contributed by atoms with E-state index in [0.29, 0.717) is 17.3 Å². The summed E-state index contributed by atoms with van der Waals surface area (Å²) in [5, 5.41) is 8.73. The summed E-state index contributed by atoms with van der Waals surface area (Å²) in [6.07, 6.45) is 1.87. The van der Waals surface area contributed by atoms with Crippen LogP contribution in [0.15, 0.2) is 108 Å². The fraction of sp³-hybridized carbons (Fsp3) is 0.0938. The zero-order chi connectivity index (χ0) is 27.5. The fourth-order valence-corrected chi connectivity index (χ4v) is 4.48. The topological polar surface area (TPSA) is 84.4 Å². The minimum atomic E-state index is 0.489. The number of hydrogen-bond acceptors (Lipinski definition) is 7. The molecule has 198 valence electrons. The van der Waals surface area contributed by atoms with Crippen molar-refractivity contribution in [3.8, 4) is 68.2 Å². The predicted octanol–water partition coefficient (Wildman–Crippen LogP) is 6.95. The van der Waals surface area contributed by atoms with E-state index in [9.17, 15) is 0 Å². The number of ether oxygens (including phenoxy) is 3. The molecule has 0 unspecified atom stereocenters. The molecule has 8 heteroatoms. The van der Waals surface area contributed by atoms with Crippen LogP contribution in [0.25, 0.3) is 51.0 Å². The van der Waals surface area contributed by atoms with Gasteiger partial charge in [-0.3, -0.25) is 0 Å². The molecule has 0 aliphatic rings. The Balaban J connectivity index is 1.40. The van der Waals surface area contributed by atoms with Gasteiger partial charge in [0, 0.05) is 22.3 Å². The third-order valence-electron chi connectivity index (χ3n) is 6.58. The molecule has 0 aliphatic heterocycles. The predicted molar refractivity (Wildman–Crippen MR) is 153 cm³/mol. The van der Waals surface area contributed by atoms with Crippen molar-refractivity contribution < 1.29 is 18.6 Å². The van der Waals surface area contributed by atoms with Gasteiger partial charge >= 0.3 is 0 Å². The second kappa shape index (κ2) is 10.8. The van der Waals surface area contributed by atoms with E-state index in [-0.39, 0.29) is 0 Å². The van der Waals surface area contributed by atoms with Gasteiger partial charge in [0.25, 0.3) is 0 Å². The van der Waals surface area contributed by atoms with Gasteiger partial charge in [-0.05, 0) is 78.9 Å². The Morgan fingerprint density at radius 1 is 0.675 bits per heavy atom. The lowest BCUT2D eigenvalue weighted by Gasteiger charge is -2.05. The van der Waals surface area contributed by atoms with Crippen molar-refractivity contribution in [2.45, 2.75) is 0 Å². The maximum Gasteiger partial charge on any atom is 0.227 e. The molecule has 4 aromatic carbocycles. The third-order valence-corrected chi connectivity index (χ3v) is 6.58. The monoisotopic (exact) mass is 530 g/mol. The molecule has 8 nitrogen and oxygen atoms in total. The summed E-state index contributed by atoms with van der Waals surface area (Å²) >= 11 is 0. The zero-order valence-electron chi connectivity index (χ0n) is 22.2. The van der Waals surface area contributed by atoms with Crippen molar-refractivity contribution in [2.75, 3.05) is 21.3 Å². The lowest BCUT2D eigenvalue weighted by atomic mass is 10.1. The molecule has 0 fully saturated rings. The number of methoxy groups -OCH3 is 3. The summed E-state index contributed by atoms with van der Waals surface area (Å²) in [5.74, 6) is 3.42. The van der Waals surface area contributed by atoms with Gasteiger partial charge in [-0.1, -0.05) is 23.4 Å². The van der Waals surface area contributed by atoms with E-state index in [1.807, 2.05) is 103 Å². The highest BCUT2D eigenvalue weighted by Crippen LogP contribution is 2.37. The first-order valence-corrected chi connectivity index (χ1v) is 12.6. The second-order valence-corrected chi connectivity index (χ2v) is 8.95. The van der Waals surface area contributed by atoms with E-state index in [1.165, 1.54) is 0 Å². The Morgan fingerprint density at radius 2 is 1.38 bits per heavy atom. The fourth-order valence-electron chi connectivity index (χ4n) is 4.48. The van der Waals surface area contributed by atoms with Crippen molar-refractivity contribution in [1.29, 1.82) is 0 Å². The van der Waals surface area contributed by atoms with Gasteiger partial charge in [0.15, 0.2) is 5.76 Å². The Bertz CT molecular complexity index is 1690. The molecular weight excluding hydrogens is 504 g/mol. The Kier molecular flexibility index (Phi) is 6.72. The Morgan fingerprint density at radius 3 is 2.08 bits per heavy atom. The number of nitrogens with zero attached hydrogens (tertiary/aromatic N) is 4. The Hall–Kier alpha value is -5.37. The average Bonchev–Trinajstić information content (AvgIpc) is 3.70. The normalized spacial score (nSPS) is 10.9. The number of hydrogen-bond donors (Lipinski definition) is 0.